The van der Waals surface area contributed by atoms with Gasteiger partial charge in [-0.1, -0.05) is 18.2 Å². The van der Waals surface area contributed by atoms with Crippen molar-refractivity contribution in [2.24, 2.45) is 7.05 Å². The molecule has 0 atom stereocenters. The van der Waals surface area contributed by atoms with Crippen molar-refractivity contribution in [3.05, 3.63) is 64.6 Å². The summed E-state index contributed by atoms with van der Waals surface area (Å²) in [4.78, 5) is 13.0. The Kier molecular flexibility index (Phi) is 6.21. The number of rotatable bonds is 8. The Morgan fingerprint density at radius 3 is 2.23 bits per heavy atom. The highest BCUT2D eigenvalue weighted by Gasteiger charge is 2.23. The van der Waals surface area contributed by atoms with Gasteiger partial charge in [-0.3, -0.25) is 14.2 Å². The molecule has 1 heterocycles. The predicted octanol–water partition coefficient (Wildman–Crippen LogP) is 3.08. The first kappa shape index (κ1) is 21.5. The maximum absolute atomic E-state index is 13.0. The number of hydrogen-bond donors (Lipinski definition) is 1. The number of nitrogens with zero attached hydrogens (tertiary/aromatic N) is 2. The molecule has 3 rings (SSSR count). The van der Waals surface area contributed by atoms with E-state index in [1.807, 2.05) is 25.1 Å². The van der Waals surface area contributed by atoms with E-state index in [1.165, 1.54) is 16.8 Å². The monoisotopic (exact) mass is 431 g/mol. The number of aromatic nitrogens is 2. The quantitative estimate of drug-likeness (QED) is 0.592. The van der Waals surface area contributed by atoms with Crippen LogP contribution in [0.4, 0.5) is 5.69 Å². The minimum absolute atomic E-state index is 0.00630. The third-order valence-electron chi connectivity index (χ3n) is 4.62. The van der Waals surface area contributed by atoms with Crippen LogP contribution in [0.1, 0.15) is 19.5 Å². The molecule has 0 radical (unpaired) electrons. The van der Waals surface area contributed by atoms with Gasteiger partial charge in [0.15, 0.2) is 11.5 Å². The van der Waals surface area contributed by atoms with E-state index in [4.69, 9.17) is 9.47 Å². The number of hydrogen-bond acceptors (Lipinski definition) is 5. The zero-order valence-electron chi connectivity index (χ0n) is 17.4. The number of para-hydroxylation sites is 1. The van der Waals surface area contributed by atoms with E-state index in [0.717, 1.165) is 0 Å². The first-order chi connectivity index (χ1) is 14.3. The van der Waals surface area contributed by atoms with E-state index < -0.39 is 15.6 Å². The minimum Gasteiger partial charge on any atom is -0.490 e. The van der Waals surface area contributed by atoms with Crippen molar-refractivity contribution in [3.8, 4) is 17.2 Å². The summed E-state index contributed by atoms with van der Waals surface area (Å²) in [5.41, 5.74) is 0.663. The van der Waals surface area contributed by atoms with Crippen LogP contribution in [0.25, 0.3) is 5.69 Å². The molecule has 0 bridgehead atoms. The topological polar surface area (TPSA) is 91.6 Å². The Morgan fingerprint density at radius 2 is 1.60 bits per heavy atom. The van der Waals surface area contributed by atoms with Gasteiger partial charge in [0.1, 0.15) is 5.69 Å². The summed E-state index contributed by atoms with van der Waals surface area (Å²) in [6, 6.07) is 13.4. The second-order valence-corrected chi connectivity index (χ2v) is 8.20. The summed E-state index contributed by atoms with van der Waals surface area (Å²) in [6.45, 7) is 6.10. The van der Waals surface area contributed by atoms with Crippen LogP contribution < -0.4 is 19.8 Å². The van der Waals surface area contributed by atoms with Crippen molar-refractivity contribution >= 4 is 15.7 Å². The van der Waals surface area contributed by atoms with Gasteiger partial charge in [0, 0.05) is 13.1 Å². The molecule has 160 valence electrons. The molecule has 9 heteroatoms. The third-order valence-corrected chi connectivity index (χ3v) is 5.96. The van der Waals surface area contributed by atoms with Crippen molar-refractivity contribution < 1.29 is 17.9 Å². The van der Waals surface area contributed by atoms with E-state index in [1.54, 1.807) is 43.8 Å². The SMILES string of the molecule is CCOc1ccc(S(=O)(=O)Nc2c(C)n(C)n(-c3ccccc3)c2=O)cc1OCC. The minimum atomic E-state index is -4.03. The first-order valence-electron chi connectivity index (χ1n) is 9.56. The van der Waals surface area contributed by atoms with Gasteiger partial charge in [0.2, 0.25) is 0 Å². The molecule has 2 aromatic carbocycles. The molecule has 0 aliphatic rings. The van der Waals surface area contributed by atoms with Gasteiger partial charge in [0.25, 0.3) is 15.6 Å². The van der Waals surface area contributed by atoms with Crippen molar-refractivity contribution in [2.45, 2.75) is 25.7 Å². The number of benzene rings is 2. The molecule has 0 saturated carbocycles. The first-order valence-corrected chi connectivity index (χ1v) is 11.0. The fourth-order valence-corrected chi connectivity index (χ4v) is 4.21. The molecule has 0 aliphatic carbocycles. The summed E-state index contributed by atoms with van der Waals surface area (Å²) in [5.74, 6) is 0.786. The average molecular weight is 432 g/mol. The second kappa shape index (κ2) is 8.66. The van der Waals surface area contributed by atoms with Crippen molar-refractivity contribution in [3.63, 3.8) is 0 Å². The number of anilines is 1. The van der Waals surface area contributed by atoms with Crippen molar-refractivity contribution in [1.29, 1.82) is 0 Å². The third kappa shape index (κ3) is 4.06. The summed E-state index contributed by atoms with van der Waals surface area (Å²) in [5, 5.41) is 0. The Morgan fingerprint density at radius 1 is 0.967 bits per heavy atom. The zero-order valence-corrected chi connectivity index (χ0v) is 18.2. The largest absolute Gasteiger partial charge is 0.490 e. The molecule has 0 spiro atoms. The zero-order chi connectivity index (χ0) is 21.9. The van der Waals surface area contributed by atoms with Gasteiger partial charge in [-0.15, -0.1) is 0 Å². The summed E-state index contributed by atoms with van der Waals surface area (Å²) in [6.07, 6.45) is 0. The van der Waals surface area contributed by atoms with Gasteiger partial charge in [0.05, 0.1) is 29.5 Å². The van der Waals surface area contributed by atoms with Crippen LogP contribution in [0.3, 0.4) is 0 Å². The highest BCUT2D eigenvalue weighted by atomic mass is 32.2. The molecule has 0 fully saturated rings. The van der Waals surface area contributed by atoms with Crippen LogP contribution in [0.2, 0.25) is 0 Å². The number of sulfonamides is 1. The number of nitrogens with one attached hydrogen (secondary N) is 1. The predicted molar refractivity (Wildman–Crippen MR) is 115 cm³/mol. The fraction of sp³-hybridized carbons (Fsp3) is 0.286. The summed E-state index contributed by atoms with van der Waals surface area (Å²) in [7, 11) is -2.33. The van der Waals surface area contributed by atoms with E-state index in [-0.39, 0.29) is 10.6 Å². The maximum Gasteiger partial charge on any atom is 0.296 e. The van der Waals surface area contributed by atoms with Crippen LogP contribution in [-0.2, 0) is 17.1 Å². The molecule has 8 nitrogen and oxygen atoms in total. The lowest BCUT2D eigenvalue weighted by Gasteiger charge is -2.13. The van der Waals surface area contributed by atoms with Crippen LogP contribution >= 0.6 is 0 Å². The summed E-state index contributed by atoms with van der Waals surface area (Å²) >= 11 is 0. The van der Waals surface area contributed by atoms with Crippen LogP contribution in [0.5, 0.6) is 11.5 Å². The fourth-order valence-electron chi connectivity index (χ4n) is 3.08. The van der Waals surface area contributed by atoms with Crippen LogP contribution in [0.15, 0.2) is 58.2 Å². The highest BCUT2D eigenvalue weighted by molar-refractivity contribution is 7.92. The van der Waals surface area contributed by atoms with Gasteiger partial charge in [-0.2, -0.15) is 0 Å². The molecule has 1 N–H and O–H groups in total. The van der Waals surface area contributed by atoms with Crippen molar-refractivity contribution in [1.82, 2.24) is 9.36 Å². The Hall–Kier alpha value is -3.20. The molecule has 0 unspecified atom stereocenters. The van der Waals surface area contributed by atoms with Gasteiger partial charge in [-0.05, 0) is 45.0 Å². The van der Waals surface area contributed by atoms with Gasteiger partial charge < -0.3 is 9.47 Å². The number of ether oxygens (including phenoxy) is 2. The molecule has 30 heavy (non-hydrogen) atoms. The molecule has 0 aliphatic heterocycles. The average Bonchev–Trinajstić information content (AvgIpc) is 2.93. The Balaban J connectivity index is 2.02. The lowest BCUT2D eigenvalue weighted by molar-refractivity contribution is 0.287. The molecular weight excluding hydrogens is 406 g/mol. The van der Waals surface area contributed by atoms with Crippen LogP contribution in [0, 0.1) is 6.92 Å². The molecule has 3 aromatic rings. The van der Waals surface area contributed by atoms with E-state index in [0.29, 0.717) is 36.1 Å². The molecule has 1 aromatic heterocycles. The normalized spacial score (nSPS) is 11.3. The maximum atomic E-state index is 13.0. The van der Waals surface area contributed by atoms with Gasteiger partial charge >= 0.3 is 0 Å². The lowest BCUT2D eigenvalue weighted by Crippen LogP contribution is -2.23. The van der Waals surface area contributed by atoms with Gasteiger partial charge in [-0.25, -0.2) is 13.1 Å². The van der Waals surface area contributed by atoms with E-state index in [2.05, 4.69) is 4.72 Å². The smallest absolute Gasteiger partial charge is 0.296 e. The molecular formula is C21H25N3O5S. The standard InChI is InChI=1S/C21H25N3O5S/c1-5-28-18-13-12-17(14-19(18)29-6-2)30(26,27)22-20-15(3)23(4)24(21(20)25)16-10-8-7-9-11-16/h7-14,22H,5-6H2,1-4H3. The van der Waals surface area contributed by atoms with Crippen molar-refractivity contribution in [2.75, 3.05) is 17.9 Å². The molecule has 0 amide bonds. The Labute approximate surface area is 175 Å². The van der Waals surface area contributed by atoms with E-state index >= 15 is 0 Å². The van der Waals surface area contributed by atoms with E-state index in [9.17, 15) is 13.2 Å². The second-order valence-electron chi connectivity index (χ2n) is 6.52. The summed E-state index contributed by atoms with van der Waals surface area (Å²) < 4.78 is 42.5. The molecule has 0 saturated heterocycles. The highest BCUT2D eigenvalue weighted by Crippen LogP contribution is 2.31. The van der Waals surface area contributed by atoms with Crippen LogP contribution in [-0.4, -0.2) is 31.0 Å². The Bertz CT molecular complexity index is 1200. The lowest BCUT2D eigenvalue weighted by atomic mass is 10.3.